The monoisotopic (exact) mass is 399 g/mol. The second-order valence-electron chi connectivity index (χ2n) is 6.44. The summed E-state index contributed by atoms with van der Waals surface area (Å²) >= 11 is 0. The van der Waals surface area contributed by atoms with E-state index in [1.807, 2.05) is 36.0 Å². The molecule has 2 aromatic carbocycles. The lowest BCUT2D eigenvalue weighted by Crippen LogP contribution is -2.33. The zero-order valence-electron chi connectivity index (χ0n) is 17.0. The summed E-state index contributed by atoms with van der Waals surface area (Å²) in [4.78, 5) is 11.3. The van der Waals surface area contributed by atoms with Crippen molar-refractivity contribution in [2.45, 2.75) is 6.42 Å². The van der Waals surface area contributed by atoms with Gasteiger partial charge in [-0.3, -0.25) is 10.1 Å². The van der Waals surface area contributed by atoms with Gasteiger partial charge in [-0.25, -0.2) is 4.57 Å². The summed E-state index contributed by atoms with van der Waals surface area (Å²) in [5.74, 6) is 1.97. The first-order valence-electron chi connectivity index (χ1n) is 8.86. The molecule has 0 saturated carbocycles. The Kier molecular flexibility index (Phi) is 5.72. The average molecular weight is 399 g/mol. The van der Waals surface area contributed by atoms with E-state index in [1.54, 1.807) is 20.3 Å². The fraction of sp³-hybridized carbons (Fsp3) is 0.286. The number of hydrogen-bond donors (Lipinski definition) is 0. The van der Waals surface area contributed by atoms with E-state index in [2.05, 4.69) is 0 Å². The Morgan fingerprint density at radius 3 is 2.03 bits per heavy atom. The minimum absolute atomic E-state index is 0.0277. The van der Waals surface area contributed by atoms with Crippen molar-refractivity contribution in [2.75, 3.05) is 28.4 Å². The van der Waals surface area contributed by atoms with Gasteiger partial charge in [-0.2, -0.15) is 0 Å². The van der Waals surface area contributed by atoms with Gasteiger partial charge >= 0.3 is 0 Å². The van der Waals surface area contributed by atoms with Gasteiger partial charge in [0, 0.05) is 11.6 Å². The summed E-state index contributed by atoms with van der Waals surface area (Å²) in [6.07, 6.45) is 2.23. The maximum absolute atomic E-state index is 11.7. The van der Waals surface area contributed by atoms with Gasteiger partial charge in [0.15, 0.2) is 34.9 Å². The largest absolute Gasteiger partial charge is 0.493 e. The van der Waals surface area contributed by atoms with Crippen LogP contribution in [0, 0.1) is 10.1 Å². The average Bonchev–Trinajstić information content (AvgIpc) is 2.73. The van der Waals surface area contributed by atoms with E-state index in [0.29, 0.717) is 35.0 Å². The molecule has 0 fully saturated rings. The number of aromatic nitrogens is 1. The molecule has 0 aliphatic carbocycles. The quantitative estimate of drug-likeness (QED) is 0.345. The molecule has 1 aromatic heterocycles. The maximum atomic E-state index is 11.7. The SMILES string of the molecule is COc1cc(Cc2c3cc(OC)c(OC)cc3cc[n+]2C)c([N+](=O)[O-])cc1OC. The van der Waals surface area contributed by atoms with E-state index >= 15 is 0 Å². The Hall–Kier alpha value is -3.55. The Labute approximate surface area is 168 Å². The van der Waals surface area contributed by atoms with Crippen molar-refractivity contribution in [1.82, 2.24) is 0 Å². The second kappa shape index (κ2) is 8.22. The topological polar surface area (TPSA) is 83.9 Å². The molecule has 0 unspecified atom stereocenters. The van der Waals surface area contributed by atoms with Crippen molar-refractivity contribution in [1.29, 1.82) is 0 Å². The van der Waals surface area contributed by atoms with Gasteiger partial charge in [0.1, 0.15) is 7.05 Å². The highest BCUT2D eigenvalue weighted by molar-refractivity contribution is 5.87. The molecule has 0 radical (unpaired) electrons. The molecule has 0 spiro atoms. The Morgan fingerprint density at radius 2 is 1.45 bits per heavy atom. The first-order chi connectivity index (χ1) is 13.9. The summed E-state index contributed by atoms with van der Waals surface area (Å²) in [5.41, 5.74) is 1.38. The van der Waals surface area contributed by atoms with E-state index in [9.17, 15) is 10.1 Å². The van der Waals surface area contributed by atoms with Gasteiger partial charge in [0.2, 0.25) is 0 Å². The third-order valence-electron chi connectivity index (χ3n) is 4.91. The van der Waals surface area contributed by atoms with Crippen molar-refractivity contribution in [3.05, 3.63) is 57.9 Å². The predicted octanol–water partition coefficient (Wildman–Crippen LogP) is 3.20. The molecule has 8 heteroatoms. The van der Waals surface area contributed by atoms with Crippen molar-refractivity contribution in [3.63, 3.8) is 0 Å². The highest BCUT2D eigenvalue weighted by Crippen LogP contribution is 2.37. The Bertz CT molecular complexity index is 1080. The number of rotatable bonds is 7. The normalized spacial score (nSPS) is 10.7. The molecule has 3 rings (SSSR count). The number of aryl methyl sites for hydroxylation is 1. The molecule has 152 valence electrons. The van der Waals surface area contributed by atoms with Crippen LogP contribution in [0.2, 0.25) is 0 Å². The van der Waals surface area contributed by atoms with E-state index in [4.69, 9.17) is 18.9 Å². The zero-order chi connectivity index (χ0) is 21.1. The van der Waals surface area contributed by atoms with E-state index < -0.39 is 4.92 Å². The number of nitro groups is 1. The van der Waals surface area contributed by atoms with E-state index in [1.165, 1.54) is 20.3 Å². The lowest BCUT2D eigenvalue weighted by Gasteiger charge is -2.12. The van der Waals surface area contributed by atoms with Crippen molar-refractivity contribution >= 4 is 16.5 Å². The lowest BCUT2D eigenvalue weighted by atomic mass is 10.0. The van der Waals surface area contributed by atoms with Crippen molar-refractivity contribution < 1.29 is 28.4 Å². The number of nitrogens with zero attached hydrogens (tertiary/aromatic N) is 2. The van der Waals surface area contributed by atoms with Crippen LogP contribution in [0.25, 0.3) is 10.8 Å². The van der Waals surface area contributed by atoms with Gasteiger partial charge in [0.05, 0.1) is 51.2 Å². The van der Waals surface area contributed by atoms with Crippen LogP contribution in [0.15, 0.2) is 36.5 Å². The number of ether oxygens (including phenoxy) is 4. The van der Waals surface area contributed by atoms with Crippen LogP contribution in [0.3, 0.4) is 0 Å². The third kappa shape index (κ3) is 3.73. The van der Waals surface area contributed by atoms with Crippen LogP contribution in [0.4, 0.5) is 5.69 Å². The van der Waals surface area contributed by atoms with E-state index in [-0.39, 0.29) is 5.69 Å². The summed E-state index contributed by atoms with van der Waals surface area (Å²) in [6, 6.07) is 8.78. The predicted molar refractivity (Wildman–Crippen MR) is 107 cm³/mol. The highest BCUT2D eigenvalue weighted by atomic mass is 16.6. The van der Waals surface area contributed by atoms with Gasteiger partial charge in [0.25, 0.3) is 5.69 Å². The summed E-state index contributed by atoms with van der Waals surface area (Å²) in [6.45, 7) is 0. The zero-order valence-corrected chi connectivity index (χ0v) is 17.0. The molecular weight excluding hydrogens is 376 g/mol. The fourth-order valence-electron chi connectivity index (χ4n) is 3.38. The molecular formula is C21H23N2O6+. The number of fused-ring (bicyclic) bond motifs is 1. The van der Waals surface area contributed by atoms with Crippen molar-refractivity contribution in [3.8, 4) is 23.0 Å². The van der Waals surface area contributed by atoms with Gasteiger partial charge < -0.3 is 18.9 Å². The van der Waals surface area contributed by atoms with Crippen LogP contribution >= 0.6 is 0 Å². The third-order valence-corrected chi connectivity index (χ3v) is 4.91. The van der Waals surface area contributed by atoms with Gasteiger partial charge in [-0.15, -0.1) is 0 Å². The molecule has 0 N–H and O–H groups in total. The Morgan fingerprint density at radius 1 is 0.897 bits per heavy atom. The number of nitro benzene ring substituents is 1. The molecule has 0 aliphatic heterocycles. The van der Waals surface area contributed by atoms with Crippen LogP contribution in [-0.4, -0.2) is 33.4 Å². The fourth-order valence-corrected chi connectivity index (χ4v) is 3.38. The summed E-state index contributed by atoms with van der Waals surface area (Å²) in [7, 11) is 8.01. The minimum atomic E-state index is -0.411. The van der Waals surface area contributed by atoms with Crippen LogP contribution in [0.1, 0.15) is 11.3 Å². The molecule has 0 aliphatic rings. The lowest BCUT2D eigenvalue weighted by molar-refractivity contribution is -0.677. The van der Waals surface area contributed by atoms with Crippen molar-refractivity contribution in [2.24, 2.45) is 7.05 Å². The molecule has 0 amide bonds. The second-order valence-corrected chi connectivity index (χ2v) is 6.44. The molecule has 3 aromatic rings. The van der Waals surface area contributed by atoms with Gasteiger partial charge in [-0.1, -0.05) is 0 Å². The Balaban J connectivity index is 2.22. The van der Waals surface area contributed by atoms with Gasteiger partial charge in [-0.05, 0) is 23.6 Å². The minimum Gasteiger partial charge on any atom is -0.493 e. The standard InChI is InChI=1S/C21H23N2O6/c1-22-7-6-13-9-18(26-2)20(28-4)11-15(13)17(22)8-14-10-19(27-3)21(29-5)12-16(14)23(24)25/h6-7,9-12H,8H2,1-5H3/q+1. The number of benzene rings is 2. The van der Waals surface area contributed by atoms with Crippen LogP contribution in [-0.2, 0) is 13.5 Å². The molecule has 1 heterocycles. The number of pyridine rings is 1. The highest BCUT2D eigenvalue weighted by Gasteiger charge is 2.24. The molecule has 8 nitrogen and oxygen atoms in total. The van der Waals surface area contributed by atoms with Crippen LogP contribution < -0.4 is 23.5 Å². The summed E-state index contributed by atoms with van der Waals surface area (Å²) < 4.78 is 23.3. The number of hydrogen-bond acceptors (Lipinski definition) is 6. The first-order valence-corrected chi connectivity index (χ1v) is 8.86. The molecule has 29 heavy (non-hydrogen) atoms. The van der Waals surface area contributed by atoms with Crippen LogP contribution in [0.5, 0.6) is 23.0 Å². The molecule has 0 bridgehead atoms. The van der Waals surface area contributed by atoms with E-state index in [0.717, 1.165) is 16.5 Å². The smallest absolute Gasteiger partial charge is 0.277 e. The first kappa shape index (κ1) is 20.2. The number of methoxy groups -OCH3 is 4. The molecule has 0 atom stereocenters. The maximum Gasteiger partial charge on any atom is 0.277 e. The summed E-state index contributed by atoms with van der Waals surface area (Å²) in [5, 5.41) is 13.5. The molecule has 0 saturated heterocycles.